The van der Waals surface area contributed by atoms with Gasteiger partial charge in [-0.15, -0.1) is 0 Å². The third kappa shape index (κ3) is 3.72. The van der Waals surface area contributed by atoms with Crippen molar-refractivity contribution in [1.82, 2.24) is 4.90 Å². The van der Waals surface area contributed by atoms with Gasteiger partial charge in [-0.25, -0.2) is 4.79 Å². The molecule has 0 amide bonds. The molecule has 45 heavy (non-hydrogen) atoms. The summed E-state index contributed by atoms with van der Waals surface area (Å²) in [6, 6.07) is 8.56. The molecule has 248 valence electrons. The Hall–Kier alpha value is -2.12. The van der Waals surface area contributed by atoms with Gasteiger partial charge in [0.25, 0.3) is 0 Å². The van der Waals surface area contributed by atoms with Crippen LogP contribution in [0.2, 0.25) is 0 Å². The molecule has 1 saturated heterocycles. The Balaban J connectivity index is 1.50. The van der Waals surface area contributed by atoms with Crippen LogP contribution in [0.25, 0.3) is 0 Å². The molecule has 1 aromatic rings. The number of hydrogen-bond donors (Lipinski definition) is 2. The van der Waals surface area contributed by atoms with Gasteiger partial charge >= 0.3 is 11.9 Å². The lowest BCUT2D eigenvalue weighted by Gasteiger charge is -2.70. The lowest BCUT2D eigenvalue weighted by Crippen LogP contribution is -2.79. The molecule has 5 aliphatic carbocycles. The van der Waals surface area contributed by atoms with Crippen LogP contribution in [0.5, 0.6) is 0 Å². The van der Waals surface area contributed by atoms with Gasteiger partial charge in [0, 0.05) is 89.4 Å². The van der Waals surface area contributed by atoms with Gasteiger partial charge in [-0.3, -0.25) is 9.69 Å². The summed E-state index contributed by atoms with van der Waals surface area (Å²) < 4.78 is 37.9. The van der Waals surface area contributed by atoms with E-state index in [1.54, 1.807) is 52.7 Å². The van der Waals surface area contributed by atoms with Crippen molar-refractivity contribution in [3.05, 3.63) is 35.9 Å². The molecule has 1 spiro atoms. The first-order valence-corrected chi connectivity index (χ1v) is 16.2. The molecule has 6 aliphatic rings. The Morgan fingerprint density at radius 3 is 2.31 bits per heavy atom. The van der Waals surface area contributed by atoms with Crippen LogP contribution in [0.1, 0.15) is 43.5 Å². The normalized spacial score (nSPS) is 49.1. The Bertz CT molecular complexity index is 1330. The summed E-state index contributed by atoms with van der Waals surface area (Å²) in [5, 5.41) is 24.8. The fourth-order valence-corrected chi connectivity index (χ4v) is 12.2. The number of benzene rings is 1. The molecule has 11 nitrogen and oxygen atoms in total. The SMILES string of the molecule is CCN1C[C@@]2(COC)[C@@H](O)C[C@@H](OC)[C@@]34[C@@H]1C([C@@H](OC)[C@@H]23)[C@]1(OC(C)=O)C[C@@H](OC)[C@]2(O)C[C@H]4[C@H]1[C@@H]2OC(=O)c1ccccc1. The van der Waals surface area contributed by atoms with Crippen LogP contribution in [-0.2, 0) is 33.2 Å². The summed E-state index contributed by atoms with van der Waals surface area (Å²) in [6.45, 7) is 5.08. The highest BCUT2D eigenvalue weighted by atomic mass is 16.6. The first-order chi connectivity index (χ1) is 21.5. The number of piperidine rings is 1. The lowest BCUT2D eigenvalue weighted by molar-refractivity contribution is -0.300. The largest absolute Gasteiger partial charge is 0.458 e. The van der Waals surface area contributed by atoms with Crippen molar-refractivity contribution < 1.29 is 48.2 Å². The van der Waals surface area contributed by atoms with Crippen LogP contribution < -0.4 is 0 Å². The molecular weight excluding hydrogens is 582 g/mol. The zero-order valence-corrected chi connectivity index (χ0v) is 27.0. The molecule has 0 aromatic heterocycles. The minimum absolute atomic E-state index is 0.163. The minimum Gasteiger partial charge on any atom is -0.458 e. The monoisotopic (exact) mass is 629 g/mol. The first kappa shape index (κ1) is 31.5. The number of esters is 2. The fourth-order valence-electron chi connectivity index (χ4n) is 12.2. The van der Waals surface area contributed by atoms with Gasteiger partial charge in [-0.2, -0.15) is 0 Å². The highest BCUT2D eigenvalue weighted by molar-refractivity contribution is 5.89. The van der Waals surface area contributed by atoms with Crippen LogP contribution >= 0.6 is 0 Å². The van der Waals surface area contributed by atoms with Crippen molar-refractivity contribution in [2.75, 3.05) is 48.1 Å². The lowest BCUT2D eigenvalue weighted by atomic mass is 9.42. The maximum atomic E-state index is 13.7. The Morgan fingerprint density at radius 1 is 1.00 bits per heavy atom. The van der Waals surface area contributed by atoms with Crippen LogP contribution in [0.15, 0.2) is 30.3 Å². The Morgan fingerprint density at radius 2 is 1.71 bits per heavy atom. The van der Waals surface area contributed by atoms with Crippen LogP contribution in [0.4, 0.5) is 0 Å². The third-order valence-electron chi connectivity index (χ3n) is 13.1. The number of likely N-dealkylation sites (tertiary alicyclic amines) is 1. The first-order valence-electron chi connectivity index (χ1n) is 16.2. The molecule has 7 bridgehead atoms. The summed E-state index contributed by atoms with van der Waals surface area (Å²) in [4.78, 5) is 29.3. The van der Waals surface area contributed by atoms with E-state index in [2.05, 4.69) is 11.8 Å². The molecule has 1 aliphatic heterocycles. The van der Waals surface area contributed by atoms with E-state index in [-0.39, 0.29) is 30.7 Å². The number of hydrogen-bond acceptors (Lipinski definition) is 11. The molecule has 2 N–H and O–H groups in total. The molecule has 6 fully saturated rings. The summed E-state index contributed by atoms with van der Waals surface area (Å²) in [5.41, 5.74) is -3.74. The van der Waals surface area contributed by atoms with E-state index in [0.29, 0.717) is 31.7 Å². The second-order valence-corrected chi connectivity index (χ2v) is 14.4. The van der Waals surface area contributed by atoms with E-state index in [4.69, 9.17) is 28.4 Å². The summed E-state index contributed by atoms with van der Waals surface area (Å²) >= 11 is 0. The van der Waals surface area contributed by atoms with Gasteiger partial charge in [0.05, 0.1) is 36.6 Å². The molecule has 1 heterocycles. The molecule has 1 aromatic carbocycles. The van der Waals surface area contributed by atoms with E-state index in [1.807, 2.05) is 6.07 Å². The second-order valence-electron chi connectivity index (χ2n) is 14.4. The van der Waals surface area contributed by atoms with E-state index < -0.39 is 76.3 Å². The predicted octanol–water partition coefficient (Wildman–Crippen LogP) is 1.68. The molecule has 7 rings (SSSR count). The molecule has 14 atom stereocenters. The Labute approximate surface area is 264 Å². The number of aliphatic hydroxyl groups is 2. The van der Waals surface area contributed by atoms with Crippen molar-refractivity contribution >= 4 is 11.9 Å². The second kappa shape index (κ2) is 10.7. The number of ether oxygens (including phenoxy) is 6. The average Bonchev–Trinajstić information content (AvgIpc) is 3.40. The Kier molecular flexibility index (Phi) is 7.48. The average molecular weight is 630 g/mol. The minimum atomic E-state index is -1.55. The zero-order valence-electron chi connectivity index (χ0n) is 27.0. The van der Waals surface area contributed by atoms with E-state index in [9.17, 15) is 19.8 Å². The van der Waals surface area contributed by atoms with Crippen molar-refractivity contribution in [2.45, 2.75) is 80.9 Å². The highest BCUT2D eigenvalue weighted by Crippen LogP contribution is 2.80. The fraction of sp³-hybridized carbons (Fsp3) is 0.765. The topological polar surface area (TPSA) is 133 Å². The van der Waals surface area contributed by atoms with Gasteiger partial charge in [0.15, 0.2) is 0 Å². The number of carbonyl (C=O) groups is 2. The molecular formula is C34H47NO10. The third-order valence-corrected chi connectivity index (χ3v) is 13.1. The highest BCUT2D eigenvalue weighted by Gasteiger charge is 2.90. The van der Waals surface area contributed by atoms with Crippen LogP contribution in [0.3, 0.4) is 0 Å². The quantitative estimate of drug-likeness (QED) is 0.387. The number of aliphatic hydroxyl groups excluding tert-OH is 1. The number of nitrogens with zero attached hydrogens (tertiary/aromatic N) is 1. The van der Waals surface area contributed by atoms with Gasteiger partial charge < -0.3 is 38.6 Å². The maximum absolute atomic E-state index is 13.7. The number of methoxy groups -OCH3 is 4. The zero-order chi connectivity index (χ0) is 32.1. The number of fused-ring (bicyclic) bond motifs is 2. The molecule has 0 radical (unpaired) electrons. The summed E-state index contributed by atoms with van der Waals surface area (Å²) in [6.07, 6.45) is -2.55. The van der Waals surface area contributed by atoms with Crippen molar-refractivity contribution in [3.63, 3.8) is 0 Å². The van der Waals surface area contributed by atoms with Gasteiger partial charge in [0.2, 0.25) is 0 Å². The van der Waals surface area contributed by atoms with Gasteiger partial charge in [-0.05, 0) is 31.0 Å². The van der Waals surface area contributed by atoms with Gasteiger partial charge in [-0.1, -0.05) is 25.1 Å². The van der Waals surface area contributed by atoms with Crippen molar-refractivity contribution in [3.8, 4) is 0 Å². The van der Waals surface area contributed by atoms with E-state index in [0.717, 1.165) is 0 Å². The predicted molar refractivity (Wildman–Crippen MR) is 159 cm³/mol. The number of rotatable bonds is 9. The van der Waals surface area contributed by atoms with Crippen molar-refractivity contribution in [2.24, 2.45) is 34.5 Å². The smallest absolute Gasteiger partial charge is 0.338 e. The molecule has 5 saturated carbocycles. The van der Waals surface area contributed by atoms with Crippen LogP contribution in [-0.4, -0.2) is 123 Å². The van der Waals surface area contributed by atoms with Crippen molar-refractivity contribution in [1.29, 1.82) is 0 Å². The number of carbonyl (C=O) groups excluding carboxylic acids is 2. The summed E-state index contributed by atoms with van der Waals surface area (Å²) in [5.74, 6) is -2.55. The molecule has 1 unspecified atom stereocenters. The van der Waals surface area contributed by atoms with Gasteiger partial charge in [0.1, 0.15) is 17.3 Å². The van der Waals surface area contributed by atoms with Crippen LogP contribution in [0, 0.1) is 34.5 Å². The standard InChI is InChI=1S/C34H47NO10/c1-7-35-16-31(17-40-3)21(37)13-22(41-4)34-20-14-32(39)23(42-5)15-33(45-18(2)36,25(28(34)35)26(43-6)27(31)34)24(20)29(32)44-30(38)19-11-9-8-10-12-19/h8-12,20-29,37,39H,7,13-17H2,1-6H3/t20-,21-,22+,23+,24-,25?,26+,27-,28-,29-,31+,32+,33-,34+/m0/s1. The molecule has 11 heteroatoms. The van der Waals surface area contributed by atoms with E-state index in [1.165, 1.54) is 6.92 Å². The summed E-state index contributed by atoms with van der Waals surface area (Å²) in [7, 11) is 6.58. The van der Waals surface area contributed by atoms with E-state index >= 15 is 0 Å². The maximum Gasteiger partial charge on any atom is 0.338 e.